The number of benzene rings is 2. The van der Waals surface area contributed by atoms with E-state index in [4.69, 9.17) is 4.74 Å². The number of hydrogen-bond donors (Lipinski definition) is 0. The van der Waals surface area contributed by atoms with Crippen molar-refractivity contribution in [3.8, 4) is 5.75 Å². The van der Waals surface area contributed by atoms with E-state index in [1.54, 1.807) is 0 Å². The molecule has 0 bridgehead atoms. The third-order valence-electron chi connectivity index (χ3n) is 3.36. The van der Waals surface area contributed by atoms with Gasteiger partial charge in [0.2, 0.25) is 0 Å². The first-order valence-corrected chi connectivity index (χ1v) is 7.06. The lowest BCUT2D eigenvalue weighted by Crippen LogP contribution is -2.29. The van der Waals surface area contributed by atoms with E-state index in [-0.39, 0.29) is 11.9 Å². The molecule has 2 nitrogen and oxygen atoms in total. The molecule has 0 aliphatic carbocycles. The van der Waals surface area contributed by atoms with Gasteiger partial charge in [-0.25, -0.2) is 0 Å². The summed E-state index contributed by atoms with van der Waals surface area (Å²) in [5.74, 6) is 0.473. The van der Waals surface area contributed by atoms with Crippen molar-refractivity contribution in [2.75, 3.05) is 0 Å². The van der Waals surface area contributed by atoms with Crippen molar-refractivity contribution in [2.24, 2.45) is 5.92 Å². The van der Waals surface area contributed by atoms with Gasteiger partial charge in [0.1, 0.15) is 5.75 Å². The average Bonchev–Trinajstić information content (AvgIpc) is 2.41. The van der Waals surface area contributed by atoms with Gasteiger partial charge in [0.15, 0.2) is 0 Å². The summed E-state index contributed by atoms with van der Waals surface area (Å²) >= 11 is 3.45. The van der Waals surface area contributed by atoms with Gasteiger partial charge in [0, 0.05) is 4.47 Å². The minimum absolute atomic E-state index is 0.0933. The van der Waals surface area contributed by atoms with Crippen LogP contribution in [0.5, 0.6) is 5.75 Å². The van der Waals surface area contributed by atoms with Crippen molar-refractivity contribution in [3.63, 3.8) is 0 Å². The van der Waals surface area contributed by atoms with Crippen LogP contribution < -0.4 is 4.74 Å². The van der Waals surface area contributed by atoms with E-state index in [0.29, 0.717) is 5.75 Å². The van der Waals surface area contributed by atoms with E-state index < -0.39 is 0 Å². The van der Waals surface area contributed by atoms with Crippen LogP contribution in [0.25, 0.3) is 0 Å². The quantitative estimate of drug-likeness (QED) is 0.622. The number of carbonyl (C=O) groups is 1. The normalized spacial score (nSPS) is 17.7. The molecule has 1 unspecified atom stereocenters. The maximum absolute atomic E-state index is 12.0. The van der Waals surface area contributed by atoms with Gasteiger partial charge in [-0.1, -0.05) is 46.3 Å². The number of ether oxygens (including phenoxy) is 1. The number of carbonyl (C=O) groups excluding carboxylic acids is 1. The number of rotatable bonds is 2. The number of fused-ring (bicyclic) bond motifs is 1. The van der Waals surface area contributed by atoms with Crippen LogP contribution in [0.2, 0.25) is 0 Å². The van der Waals surface area contributed by atoms with Crippen LogP contribution >= 0.6 is 15.9 Å². The number of esters is 1. The third kappa shape index (κ3) is 2.71. The topological polar surface area (TPSA) is 26.3 Å². The Hall–Kier alpha value is -1.61. The highest BCUT2D eigenvalue weighted by Gasteiger charge is 2.28. The minimum Gasteiger partial charge on any atom is -0.426 e. The zero-order valence-corrected chi connectivity index (χ0v) is 11.9. The summed E-state index contributed by atoms with van der Waals surface area (Å²) in [6.45, 7) is 0. The third-order valence-corrected chi connectivity index (χ3v) is 3.85. The molecule has 1 aliphatic heterocycles. The molecule has 2 aromatic carbocycles. The summed E-state index contributed by atoms with van der Waals surface area (Å²) in [4.78, 5) is 12.0. The zero-order chi connectivity index (χ0) is 13.2. The summed E-state index contributed by atoms with van der Waals surface area (Å²) in [7, 11) is 0. The Balaban J connectivity index is 1.83. The number of hydrogen-bond acceptors (Lipinski definition) is 2. The molecule has 2 aromatic rings. The van der Waals surface area contributed by atoms with Crippen molar-refractivity contribution in [3.05, 3.63) is 64.1 Å². The fourth-order valence-electron chi connectivity index (χ4n) is 2.40. The fraction of sp³-hybridized carbons (Fsp3) is 0.188. The molecule has 3 heteroatoms. The molecule has 1 heterocycles. The van der Waals surface area contributed by atoms with Crippen LogP contribution in [0.1, 0.15) is 11.1 Å². The van der Waals surface area contributed by atoms with Gasteiger partial charge in [-0.05, 0) is 42.2 Å². The lowest BCUT2D eigenvalue weighted by atomic mass is 9.90. The van der Waals surface area contributed by atoms with E-state index in [0.717, 1.165) is 22.9 Å². The van der Waals surface area contributed by atoms with Crippen molar-refractivity contribution >= 4 is 21.9 Å². The van der Waals surface area contributed by atoms with Gasteiger partial charge < -0.3 is 4.74 Å². The molecular weight excluding hydrogens is 304 g/mol. The van der Waals surface area contributed by atoms with Crippen LogP contribution in [-0.2, 0) is 17.6 Å². The predicted molar refractivity (Wildman–Crippen MR) is 77.1 cm³/mol. The summed E-state index contributed by atoms with van der Waals surface area (Å²) in [6.07, 6.45) is 1.47. The monoisotopic (exact) mass is 316 g/mol. The van der Waals surface area contributed by atoms with Crippen molar-refractivity contribution < 1.29 is 9.53 Å². The molecule has 19 heavy (non-hydrogen) atoms. The van der Waals surface area contributed by atoms with E-state index in [1.165, 1.54) is 5.56 Å². The SMILES string of the molecule is O=C1Oc2ccc(Br)cc2CC1Cc1ccccc1. The largest absolute Gasteiger partial charge is 0.426 e. The highest BCUT2D eigenvalue weighted by molar-refractivity contribution is 9.10. The maximum atomic E-state index is 12.0. The van der Waals surface area contributed by atoms with Crippen LogP contribution in [0.15, 0.2) is 53.0 Å². The second-order valence-electron chi connectivity index (χ2n) is 4.76. The second-order valence-corrected chi connectivity index (χ2v) is 5.68. The fourth-order valence-corrected chi connectivity index (χ4v) is 2.81. The zero-order valence-electron chi connectivity index (χ0n) is 10.3. The summed E-state index contributed by atoms with van der Waals surface area (Å²) in [5.41, 5.74) is 2.26. The Labute approximate surface area is 120 Å². The van der Waals surface area contributed by atoms with E-state index >= 15 is 0 Å². The van der Waals surface area contributed by atoms with Crippen molar-refractivity contribution in [2.45, 2.75) is 12.8 Å². The standard InChI is InChI=1S/C16H13BrO2/c17-14-6-7-15-12(10-14)9-13(16(18)19-15)8-11-4-2-1-3-5-11/h1-7,10,13H,8-9H2. The highest BCUT2D eigenvalue weighted by atomic mass is 79.9. The molecule has 96 valence electrons. The van der Waals surface area contributed by atoms with Crippen molar-refractivity contribution in [1.82, 2.24) is 0 Å². The molecular formula is C16H13BrO2. The van der Waals surface area contributed by atoms with Crippen molar-refractivity contribution in [1.29, 1.82) is 0 Å². The molecule has 1 atom stereocenters. The van der Waals surface area contributed by atoms with Gasteiger partial charge in [-0.15, -0.1) is 0 Å². The van der Waals surface area contributed by atoms with Gasteiger partial charge in [0.25, 0.3) is 0 Å². The molecule has 0 fully saturated rings. The summed E-state index contributed by atoms with van der Waals surface area (Å²) in [6, 6.07) is 15.8. The molecule has 0 saturated carbocycles. The van der Waals surface area contributed by atoms with E-state index in [9.17, 15) is 4.79 Å². The Bertz CT molecular complexity index is 607. The Morgan fingerprint density at radius 2 is 1.95 bits per heavy atom. The summed E-state index contributed by atoms with van der Waals surface area (Å²) in [5, 5.41) is 0. The van der Waals surface area contributed by atoms with Gasteiger partial charge in [0.05, 0.1) is 5.92 Å². The number of halogens is 1. The molecule has 0 aromatic heterocycles. The molecule has 0 saturated heterocycles. The van der Waals surface area contributed by atoms with Crippen LogP contribution in [0.4, 0.5) is 0 Å². The molecule has 0 spiro atoms. The Morgan fingerprint density at radius 3 is 2.74 bits per heavy atom. The predicted octanol–water partition coefficient (Wildman–Crippen LogP) is 3.77. The van der Waals surface area contributed by atoms with Gasteiger partial charge >= 0.3 is 5.97 Å². The van der Waals surface area contributed by atoms with E-state index in [1.807, 2.05) is 48.5 Å². The average molecular weight is 317 g/mol. The molecule has 0 radical (unpaired) electrons. The molecule has 0 N–H and O–H groups in total. The second kappa shape index (κ2) is 5.17. The smallest absolute Gasteiger partial charge is 0.315 e. The Morgan fingerprint density at radius 1 is 1.16 bits per heavy atom. The highest BCUT2D eigenvalue weighted by Crippen LogP contribution is 2.31. The van der Waals surface area contributed by atoms with Crippen LogP contribution in [-0.4, -0.2) is 5.97 Å². The first-order valence-electron chi connectivity index (χ1n) is 6.26. The molecule has 3 rings (SSSR count). The van der Waals surface area contributed by atoms with Crippen LogP contribution in [0, 0.1) is 5.92 Å². The Kier molecular flexibility index (Phi) is 3.38. The van der Waals surface area contributed by atoms with Gasteiger partial charge in [-0.3, -0.25) is 4.79 Å². The van der Waals surface area contributed by atoms with Gasteiger partial charge in [-0.2, -0.15) is 0 Å². The lowest BCUT2D eigenvalue weighted by molar-refractivity contribution is -0.140. The first-order chi connectivity index (χ1) is 9.22. The van der Waals surface area contributed by atoms with Crippen LogP contribution in [0.3, 0.4) is 0 Å². The molecule has 0 amide bonds. The molecule has 1 aliphatic rings. The lowest BCUT2D eigenvalue weighted by Gasteiger charge is -2.23. The minimum atomic E-state index is -0.126. The summed E-state index contributed by atoms with van der Waals surface area (Å²) < 4.78 is 6.43. The first kappa shape index (κ1) is 12.4. The maximum Gasteiger partial charge on any atom is 0.315 e. The van der Waals surface area contributed by atoms with E-state index in [2.05, 4.69) is 15.9 Å².